The van der Waals surface area contributed by atoms with Gasteiger partial charge in [-0.3, -0.25) is 4.79 Å². The van der Waals surface area contributed by atoms with E-state index in [0.717, 1.165) is 17.7 Å². The summed E-state index contributed by atoms with van der Waals surface area (Å²) < 4.78 is 6.88. The molecule has 7 nitrogen and oxygen atoms in total. The number of nitrogens with one attached hydrogen (secondary N) is 1. The third kappa shape index (κ3) is 4.79. The molecule has 0 unspecified atom stereocenters. The molecule has 1 aliphatic carbocycles. The highest BCUT2D eigenvalue weighted by Crippen LogP contribution is 2.29. The van der Waals surface area contributed by atoms with Gasteiger partial charge in [-0.05, 0) is 49.4 Å². The minimum absolute atomic E-state index is 0.0153. The number of rotatable bonds is 7. The number of thioether (sulfide) groups is 1. The average Bonchev–Trinajstić information content (AvgIpc) is 3.05. The number of carbonyl (C=O) groups is 1. The van der Waals surface area contributed by atoms with Gasteiger partial charge in [0.05, 0.1) is 12.4 Å². The van der Waals surface area contributed by atoms with E-state index in [1.54, 1.807) is 0 Å². The highest BCUT2D eigenvalue weighted by atomic mass is 32.2. The molecule has 1 aromatic carbocycles. The highest BCUT2D eigenvalue weighted by Gasteiger charge is 2.28. The molecule has 0 aliphatic heterocycles. The zero-order valence-corrected chi connectivity index (χ0v) is 17.5. The molecule has 0 radical (unpaired) electrons. The summed E-state index contributed by atoms with van der Waals surface area (Å²) in [5, 5.41) is 12.0. The van der Waals surface area contributed by atoms with Gasteiger partial charge in [-0.2, -0.15) is 0 Å². The van der Waals surface area contributed by atoms with Gasteiger partial charge in [0.15, 0.2) is 5.82 Å². The van der Waals surface area contributed by atoms with Crippen LogP contribution < -0.4 is 15.9 Å². The van der Waals surface area contributed by atoms with Crippen molar-refractivity contribution in [2.45, 2.75) is 51.2 Å². The molecular formula is C20H29N5O2S. The number of aromatic nitrogens is 3. The first-order valence-corrected chi connectivity index (χ1v) is 10.8. The molecule has 2 aromatic rings. The van der Waals surface area contributed by atoms with Crippen LogP contribution in [-0.2, 0) is 4.79 Å². The molecule has 3 atom stereocenters. The first-order chi connectivity index (χ1) is 13.5. The highest BCUT2D eigenvalue weighted by molar-refractivity contribution is 7.99. The van der Waals surface area contributed by atoms with Crippen molar-refractivity contribution in [2.75, 3.05) is 18.2 Å². The third-order valence-corrected chi connectivity index (χ3v) is 6.42. The predicted molar refractivity (Wildman–Crippen MR) is 112 cm³/mol. The lowest BCUT2D eigenvalue weighted by molar-refractivity contribution is -0.120. The molecule has 1 amide bonds. The van der Waals surface area contributed by atoms with Gasteiger partial charge in [0.1, 0.15) is 5.75 Å². The van der Waals surface area contributed by atoms with Gasteiger partial charge >= 0.3 is 0 Å². The summed E-state index contributed by atoms with van der Waals surface area (Å²) in [5.41, 5.74) is 0.847. The second kappa shape index (κ2) is 9.32. The number of carbonyl (C=O) groups excluding carboxylic acids is 1. The largest absolute Gasteiger partial charge is 0.494 e. The van der Waals surface area contributed by atoms with Crippen molar-refractivity contribution < 1.29 is 9.53 Å². The van der Waals surface area contributed by atoms with Crippen molar-refractivity contribution in [1.29, 1.82) is 0 Å². The topological polar surface area (TPSA) is 95.1 Å². The summed E-state index contributed by atoms with van der Waals surface area (Å²) in [5.74, 6) is 8.95. The summed E-state index contributed by atoms with van der Waals surface area (Å²) in [6.07, 6.45) is 3.47. The molecule has 0 saturated heterocycles. The van der Waals surface area contributed by atoms with E-state index in [9.17, 15) is 4.79 Å². The van der Waals surface area contributed by atoms with Crippen molar-refractivity contribution in [3.05, 3.63) is 24.3 Å². The Kier molecular flexibility index (Phi) is 6.83. The zero-order chi connectivity index (χ0) is 20.1. The maximum atomic E-state index is 12.4. The molecule has 3 rings (SSSR count). The van der Waals surface area contributed by atoms with Gasteiger partial charge < -0.3 is 15.9 Å². The van der Waals surface area contributed by atoms with Crippen LogP contribution in [0.25, 0.3) is 11.4 Å². The lowest BCUT2D eigenvalue weighted by atomic mass is 9.78. The van der Waals surface area contributed by atoms with E-state index in [2.05, 4.69) is 29.4 Å². The third-order valence-electron chi connectivity index (χ3n) is 5.47. The first-order valence-electron chi connectivity index (χ1n) is 9.85. The summed E-state index contributed by atoms with van der Waals surface area (Å²) in [4.78, 5) is 12.4. The van der Waals surface area contributed by atoms with Crippen LogP contribution in [0.4, 0.5) is 0 Å². The smallest absolute Gasteiger partial charge is 0.230 e. The molecule has 3 N–H and O–H groups in total. The van der Waals surface area contributed by atoms with Gasteiger partial charge in [-0.15, -0.1) is 10.2 Å². The number of hydrogen-bond acceptors (Lipinski definition) is 6. The van der Waals surface area contributed by atoms with Crippen molar-refractivity contribution in [3.63, 3.8) is 0 Å². The van der Waals surface area contributed by atoms with E-state index in [1.165, 1.54) is 29.3 Å². The normalized spacial score (nSPS) is 22.0. The molecule has 0 spiro atoms. The Hall–Kier alpha value is -2.22. The standard InChI is InChI=1S/C20H29N5O2S/c1-4-27-16-10-8-15(9-11-16)19-23-24-20(25(19)21)28-12-18(26)22-17-7-5-6-13(2)14(17)3/h8-11,13-14,17H,4-7,12,21H2,1-3H3,(H,22,26)/t13-,14+,17-/m1/s1. The minimum atomic E-state index is 0.0153. The first kappa shape index (κ1) is 20.5. The summed E-state index contributed by atoms with van der Waals surface area (Å²) in [6, 6.07) is 7.79. The number of nitrogens with zero attached hydrogens (tertiary/aromatic N) is 3. The molecule has 1 saturated carbocycles. The average molecular weight is 404 g/mol. The molecule has 152 valence electrons. The molecule has 1 heterocycles. The van der Waals surface area contributed by atoms with Crippen LogP contribution in [0.2, 0.25) is 0 Å². The van der Waals surface area contributed by atoms with Crippen molar-refractivity contribution in [1.82, 2.24) is 20.2 Å². The van der Waals surface area contributed by atoms with Crippen LogP contribution in [-0.4, -0.2) is 39.2 Å². The van der Waals surface area contributed by atoms with Crippen LogP contribution in [0.1, 0.15) is 40.0 Å². The van der Waals surface area contributed by atoms with E-state index >= 15 is 0 Å². The van der Waals surface area contributed by atoms with E-state index < -0.39 is 0 Å². The van der Waals surface area contributed by atoms with Crippen LogP contribution in [0.5, 0.6) is 5.75 Å². The van der Waals surface area contributed by atoms with E-state index in [0.29, 0.717) is 29.4 Å². The van der Waals surface area contributed by atoms with Gasteiger partial charge in [0, 0.05) is 11.6 Å². The van der Waals surface area contributed by atoms with Crippen molar-refractivity contribution in [2.24, 2.45) is 11.8 Å². The van der Waals surface area contributed by atoms with Crippen LogP contribution in [0.3, 0.4) is 0 Å². The second-order valence-corrected chi connectivity index (χ2v) is 8.31. The Morgan fingerprint density at radius 3 is 2.75 bits per heavy atom. The van der Waals surface area contributed by atoms with E-state index in [4.69, 9.17) is 10.6 Å². The Morgan fingerprint density at radius 2 is 2.04 bits per heavy atom. The number of hydrogen-bond donors (Lipinski definition) is 2. The van der Waals surface area contributed by atoms with Crippen LogP contribution in [0, 0.1) is 11.8 Å². The molecular weight excluding hydrogens is 374 g/mol. The Bertz CT molecular complexity index is 792. The number of nitrogen functional groups attached to an aromatic ring is 1. The summed E-state index contributed by atoms with van der Waals surface area (Å²) in [6.45, 7) is 7.05. The Balaban J connectivity index is 1.57. The maximum Gasteiger partial charge on any atom is 0.230 e. The zero-order valence-electron chi connectivity index (χ0n) is 16.7. The van der Waals surface area contributed by atoms with Crippen molar-refractivity contribution >= 4 is 17.7 Å². The van der Waals surface area contributed by atoms with Gasteiger partial charge in [0.2, 0.25) is 11.1 Å². The fraction of sp³-hybridized carbons (Fsp3) is 0.550. The van der Waals surface area contributed by atoms with Crippen LogP contribution in [0.15, 0.2) is 29.4 Å². The van der Waals surface area contributed by atoms with E-state index in [-0.39, 0.29) is 17.7 Å². The molecule has 1 fully saturated rings. The lowest BCUT2D eigenvalue weighted by Gasteiger charge is -2.34. The predicted octanol–water partition coefficient (Wildman–Crippen LogP) is 3.09. The van der Waals surface area contributed by atoms with Gasteiger partial charge in [0.25, 0.3) is 0 Å². The fourth-order valence-electron chi connectivity index (χ4n) is 3.60. The maximum absolute atomic E-state index is 12.4. The fourth-order valence-corrected chi connectivity index (χ4v) is 4.27. The van der Waals surface area contributed by atoms with Crippen molar-refractivity contribution in [3.8, 4) is 17.1 Å². The molecule has 1 aliphatic rings. The minimum Gasteiger partial charge on any atom is -0.494 e. The molecule has 8 heteroatoms. The SMILES string of the molecule is CCOc1ccc(-c2nnc(SCC(=O)N[C@@H]3CCC[C@@H](C)[C@@H]3C)n2N)cc1. The van der Waals surface area contributed by atoms with Gasteiger partial charge in [-0.25, -0.2) is 4.68 Å². The summed E-state index contributed by atoms with van der Waals surface area (Å²) in [7, 11) is 0. The number of nitrogens with two attached hydrogens (primary N) is 1. The summed E-state index contributed by atoms with van der Waals surface area (Å²) >= 11 is 1.30. The van der Waals surface area contributed by atoms with Crippen LogP contribution >= 0.6 is 11.8 Å². The number of amides is 1. The molecule has 1 aromatic heterocycles. The quantitative estimate of drug-likeness (QED) is 0.545. The Morgan fingerprint density at radius 1 is 1.29 bits per heavy atom. The second-order valence-electron chi connectivity index (χ2n) is 7.36. The lowest BCUT2D eigenvalue weighted by Crippen LogP contribution is -2.44. The van der Waals surface area contributed by atoms with E-state index in [1.807, 2.05) is 31.2 Å². The van der Waals surface area contributed by atoms with Gasteiger partial charge in [-0.1, -0.05) is 38.5 Å². The number of ether oxygens (including phenoxy) is 1. The molecule has 0 bridgehead atoms. The molecule has 28 heavy (non-hydrogen) atoms. The monoisotopic (exact) mass is 403 g/mol. The number of benzene rings is 1. The Labute approximate surface area is 170 Å².